The maximum Gasteiger partial charge on any atom is 0.254 e. The number of aryl methyl sites for hydroxylation is 2. The van der Waals surface area contributed by atoms with Crippen molar-refractivity contribution in [1.29, 1.82) is 0 Å². The van der Waals surface area contributed by atoms with Crippen LogP contribution < -0.4 is 4.74 Å². The van der Waals surface area contributed by atoms with Gasteiger partial charge in [-0.2, -0.15) is 4.31 Å². The van der Waals surface area contributed by atoms with Gasteiger partial charge in [-0.05, 0) is 49.6 Å². The molecule has 10 heteroatoms. The van der Waals surface area contributed by atoms with Crippen molar-refractivity contribution in [3.8, 4) is 5.75 Å². The smallest absolute Gasteiger partial charge is 0.254 e. The van der Waals surface area contributed by atoms with E-state index in [9.17, 15) is 17.6 Å². The van der Waals surface area contributed by atoms with Crippen LogP contribution in [-0.4, -0.2) is 88.4 Å². The maximum atomic E-state index is 14.3. The molecule has 0 N–H and O–H groups in total. The molecule has 4 atom stereocenters. The van der Waals surface area contributed by atoms with Gasteiger partial charge in [0.05, 0.1) is 31.5 Å². The number of amides is 1. The number of nitrogens with zero attached hydrogens (tertiary/aromatic N) is 2. The molecule has 0 radical (unpaired) electrons. The third kappa shape index (κ3) is 6.31. The first-order valence-corrected chi connectivity index (χ1v) is 14.0. The summed E-state index contributed by atoms with van der Waals surface area (Å²) in [6, 6.07) is 11.9. The summed E-state index contributed by atoms with van der Waals surface area (Å²) < 4.78 is 58.4. The first-order chi connectivity index (χ1) is 17.6. The van der Waals surface area contributed by atoms with Gasteiger partial charge in [0.1, 0.15) is 24.1 Å². The van der Waals surface area contributed by atoms with Crippen LogP contribution in [0.3, 0.4) is 0 Å². The maximum absolute atomic E-state index is 14.3. The number of sulfonamides is 1. The third-order valence-electron chi connectivity index (χ3n) is 7.12. The van der Waals surface area contributed by atoms with Gasteiger partial charge in [-0.3, -0.25) is 4.79 Å². The van der Waals surface area contributed by atoms with Crippen LogP contribution >= 0.6 is 0 Å². The van der Waals surface area contributed by atoms with Gasteiger partial charge in [0.2, 0.25) is 10.0 Å². The molecule has 0 spiro atoms. The average Bonchev–Trinajstić information content (AvgIpc) is 3.27. The van der Waals surface area contributed by atoms with E-state index in [0.29, 0.717) is 43.0 Å². The lowest BCUT2D eigenvalue weighted by Crippen LogP contribution is -2.48. The Morgan fingerprint density at radius 1 is 1.16 bits per heavy atom. The summed E-state index contributed by atoms with van der Waals surface area (Å²) in [5.74, 6) is 0.134. The minimum atomic E-state index is -3.76. The fourth-order valence-corrected chi connectivity index (χ4v) is 6.34. The molecule has 0 aromatic heterocycles. The van der Waals surface area contributed by atoms with Crippen molar-refractivity contribution in [1.82, 2.24) is 9.21 Å². The summed E-state index contributed by atoms with van der Waals surface area (Å²) in [6.45, 7) is 4.84. The monoisotopic (exact) mass is 534 g/mol. The largest absolute Gasteiger partial charge is 0.486 e. The van der Waals surface area contributed by atoms with E-state index in [1.54, 1.807) is 36.3 Å². The number of ether oxygens (including phenoxy) is 3. The summed E-state index contributed by atoms with van der Waals surface area (Å²) in [4.78, 5) is 14.9. The van der Waals surface area contributed by atoms with E-state index in [4.69, 9.17) is 14.2 Å². The molecule has 202 valence electrons. The number of hydrogen-bond acceptors (Lipinski definition) is 6. The van der Waals surface area contributed by atoms with Crippen LogP contribution in [0.5, 0.6) is 5.75 Å². The second-order valence-corrected chi connectivity index (χ2v) is 11.9. The Bertz CT molecular complexity index is 1220. The van der Waals surface area contributed by atoms with Gasteiger partial charge >= 0.3 is 0 Å². The Kier molecular flexibility index (Phi) is 8.52. The first kappa shape index (κ1) is 27.5. The third-order valence-corrected chi connectivity index (χ3v) is 8.97. The molecule has 4 unspecified atom stereocenters. The van der Waals surface area contributed by atoms with Crippen LogP contribution in [0.25, 0.3) is 0 Å². The SMILES string of the molecule is COC1CN(C(=O)c2cc(C)ccc2C)CC1Oc1cccc(CS(=O)(=O)N(C)C2CCOCC2F)c1. The molecule has 1 amide bonds. The lowest BCUT2D eigenvalue weighted by molar-refractivity contribution is -0.00199. The van der Waals surface area contributed by atoms with Gasteiger partial charge in [0.25, 0.3) is 5.91 Å². The normalized spacial score (nSPS) is 24.4. The predicted octanol–water partition coefficient (Wildman–Crippen LogP) is 3.11. The van der Waals surface area contributed by atoms with Gasteiger partial charge in [-0.1, -0.05) is 29.8 Å². The highest BCUT2D eigenvalue weighted by molar-refractivity contribution is 7.88. The van der Waals surface area contributed by atoms with Crippen LogP contribution in [0, 0.1) is 13.8 Å². The van der Waals surface area contributed by atoms with Crippen molar-refractivity contribution in [3.63, 3.8) is 0 Å². The van der Waals surface area contributed by atoms with E-state index in [2.05, 4.69) is 0 Å². The zero-order valence-corrected chi connectivity index (χ0v) is 22.5. The second kappa shape index (κ2) is 11.5. The molecule has 2 aromatic rings. The number of carbonyl (C=O) groups excluding carboxylic acids is 1. The van der Waals surface area contributed by atoms with Gasteiger partial charge in [0, 0.05) is 26.3 Å². The van der Waals surface area contributed by atoms with Crippen molar-refractivity contribution < 1.29 is 31.8 Å². The lowest BCUT2D eigenvalue weighted by Gasteiger charge is -2.33. The van der Waals surface area contributed by atoms with Crippen molar-refractivity contribution >= 4 is 15.9 Å². The van der Waals surface area contributed by atoms with E-state index in [1.807, 2.05) is 32.0 Å². The standard InChI is InChI=1S/C27H35FN2O6S/c1-18-8-9-19(2)22(12-18)27(31)30-14-25(34-4)26(15-30)36-21-7-5-6-20(13-21)17-37(32,33)29(3)24-10-11-35-16-23(24)28/h5-9,12-13,23-26H,10-11,14-17H2,1-4H3. The van der Waals surface area contributed by atoms with Gasteiger partial charge in [-0.25, -0.2) is 12.8 Å². The molecule has 2 fully saturated rings. The molecule has 2 saturated heterocycles. The lowest BCUT2D eigenvalue weighted by atomic mass is 10.0. The zero-order valence-electron chi connectivity index (χ0n) is 21.7. The quantitative estimate of drug-likeness (QED) is 0.518. The topological polar surface area (TPSA) is 85.4 Å². The highest BCUT2D eigenvalue weighted by Gasteiger charge is 2.38. The minimum absolute atomic E-state index is 0.0727. The molecular formula is C27H35FN2O6S. The molecular weight excluding hydrogens is 499 g/mol. The number of methoxy groups -OCH3 is 1. The van der Waals surface area contributed by atoms with Crippen LogP contribution in [0.15, 0.2) is 42.5 Å². The fraction of sp³-hybridized carbons (Fsp3) is 0.519. The van der Waals surface area contributed by atoms with E-state index in [0.717, 1.165) is 15.4 Å². The Hall–Kier alpha value is -2.53. The molecule has 2 aliphatic heterocycles. The summed E-state index contributed by atoms with van der Waals surface area (Å²) >= 11 is 0. The zero-order chi connectivity index (χ0) is 26.7. The molecule has 0 aliphatic carbocycles. The number of alkyl halides is 1. The first-order valence-electron chi connectivity index (χ1n) is 12.4. The highest BCUT2D eigenvalue weighted by Crippen LogP contribution is 2.26. The van der Waals surface area contributed by atoms with E-state index >= 15 is 0 Å². The van der Waals surface area contributed by atoms with Crippen molar-refractivity contribution in [2.45, 2.75) is 50.4 Å². The molecule has 0 saturated carbocycles. The number of halogens is 1. The van der Waals surface area contributed by atoms with Crippen molar-refractivity contribution in [3.05, 3.63) is 64.7 Å². The Balaban J connectivity index is 1.44. The Labute approximate surface area is 218 Å². The van der Waals surface area contributed by atoms with Crippen LogP contribution in [0.4, 0.5) is 4.39 Å². The molecule has 2 heterocycles. The Morgan fingerprint density at radius 2 is 1.92 bits per heavy atom. The van der Waals surface area contributed by atoms with E-state index in [1.165, 1.54) is 7.05 Å². The highest BCUT2D eigenvalue weighted by atomic mass is 32.2. The summed E-state index contributed by atoms with van der Waals surface area (Å²) in [5.41, 5.74) is 3.11. The predicted molar refractivity (Wildman–Crippen MR) is 138 cm³/mol. The van der Waals surface area contributed by atoms with Crippen molar-refractivity contribution in [2.24, 2.45) is 0 Å². The molecule has 0 bridgehead atoms. The van der Waals surface area contributed by atoms with Crippen molar-refractivity contribution in [2.75, 3.05) is 40.5 Å². The summed E-state index contributed by atoms with van der Waals surface area (Å²) in [5, 5.41) is 0. The molecule has 2 aromatic carbocycles. The second-order valence-electron chi connectivity index (χ2n) is 9.83. The number of likely N-dealkylation sites (tertiary alicyclic amines) is 1. The van der Waals surface area contributed by atoms with Crippen LogP contribution in [0.2, 0.25) is 0 Å². The molecule has 37 heavy (non-hydrogen) atoms. The number of benzene rings is 2. The summed E-state index contributed by atoms with van der Waals surface area (Å²) in [6.07, 6.45) is -1.78. The fourth-order valence-electron chi connectivity index (χ4n) is 4.89. The van der Waals surface area contributed by atoms with Crippen LogP contribution in [0.1, 0.15) is 33.5 Å². The molecule has 8 nitrogen and oxygen atoms in total. The van der Waals surface area contributed by atoms with Gasteiger partial charge < -0.3 is 19.1 Å². The Morgan fingerprint density at radius 3 is 2.65 bits per heavy atom. The molecule has 4 rings (SSSR count). The number of carbonyl (C=O) groups is 1. The van der Waals surface area contributed by atoms with E-state index < -0.39 is 28.3 Å². The molecule has 2 aliphatic rings. The number of hydrogen-bond donors (Lipinski definition) is 0. The summed E-state index contributed by atoms with van der Waals surface area (Å²) in [7, 11) is -0.757. The number of rotatable bonds is 8. The van der Waals surface area contributed by atoms with Gasteiger partial charge in [-0.15, -0.1) is 0 Å². The van der Waals surface area contributed by atoms with Crippen LogP contribution in [-0.2, 0) is 25.2 Å². The van der Waals surface area contributed by atoms with E-state index in [-0.39, 0.29) is 24.4 Å². The average molecular weight is 535 g/mol. The minimum Gasteiger partial charge on any atom is -0.486 e. The van der Waals surface area contributed by atoms with Gasteiger partial charge in [0.15, 0.2) is 0 Å².